The molecule has 15 heavy (non-hydrogen) atoms. The van der Waals surface area contributed by atoms with Crippen LogP contribution in [0.15, 0.2) is 35.7 Å². The fourth-order valence-electron chi connectivity index (χ4n) is 1.52. The fourth-order valence-corrected chi connectivity index (χ4v) is 2.27. The summed E-state index contributed by atoms with van der Waals surface area (Å²) in [4.78, 5) is 0.986. The van der Waals surface area contributed by atoms with Crippen LogP contribution in [0.4, 0.5) is 4.39 Å². The van der Waals surface area contributed by atoms with Gasteiger partial charge in [0, 0.05) is 10.4 Å². The van der Waals surface area contributed by atoms with Gasteiger partial charge in [0.05, 0.1) is 6.04 Å². The molecule has 0 unspecified atom stereocenters. The van der Waals surface area contributed by atoms with Crippen molar-refractivity contribution in [2.24, 2.45) is 5.73 Å². The Morgan fingerprint density at radius 1 is 1.33 bits per heavy atom. The molecule has 0 amide bonds. The molecular formula is C12H12FNS. The van der Waals surface area contributed by atoms with Crippen LogP contribution in [0.5, 0.6) is 0 Å². The topological polar surface area (TPSA) is 26.0 Å². The van der Waals surface area contributed by atoms with Crippen molar-refractivity contribution in [3.05, 3.63) is 57.5 Å². The van der Waals surface area contributed by atoms with Crippen LogP contribution in [0.3, 0.4) is 0 Å². The van der Waals surface area contributed by atoms with Crippen molar-refractivity contribution in [1.29, 1.82) is 0 Å². The predicted octanol–water partition coefficient (Wildman–Crippen LogP) is 3.24. The van der Waals surface area contributed by atoms with E-state index in [1.54, 1.807) is 23.5 Å². The van der Waals surface area contributed by atoms with Crippen molar-refractivity contribution in [1.82, 2.24) is 0 Å². The minimum Gasteiger partial charge on any atom is -0.320 e. The lowest BCUT2D eigenvalue weighted by molar-refractivity contribution is 0.600. The monoisotopic (exact) mass is 221 g/mol. The Kier molecular flexibility index (Phi) is 2.84. The van der Waals surface area contributed by atoms with E-state index in [-0.39, 0.29) is 11.9 Å². The summed E-state index contributed by atoms with van der Waals surface area (Å²) < 4.78 is 13.5. The van der Waals surface area contributed by atoms with Crippen molar-refractivity contribution >= 4 is 11.3 Å². The Labute approximate surface area is 92.4 Å². The smallest absolute Gasteiger partial charge is 0.128 e. The van der Waals surface area contributed by atoms with Gasteiger partial charge in [0.2, 0.25) is 0 Å². The normalized spacial score (nSPS) is 12.7. The molecule has 0 aliphatic carbocycles. The molecule has 0 bridgehead atoms. The maximum Gasteiger partial charge on any atom is 0.128 e. The number of nitrogens with two attached hydrogens (primary N) is 1. The van der Waals surface area contributed by atoms with Crippen LogP contribution in [0.2, 0.25) is 0 Å². The third-order valence-electron chi connectivity index (χ3n) is 2.34. The molecule has 0 radical (unpaired) electrons. The van der Waals surface area contributed by atoms with Crippen molar-refractivity contribution in [3.63, 3.8) is 0 Å². The minimum absolute atomic E-state index is 0.235. The van der Waals surface area contributed by atoms with E-state index in [0.717, 1.165) is 10.4 Å². The quantitative estimate of drug-likeness (QED) is 0.827. The Bertz CT molecular complexity index is 451. The first-order chi connectivity index (χ1) is 7.18. The molecule has 2 rings (SSSR count). The van der Waals surface area contributed by atoms with Crippen LogP contribution in [0, 0.1) is 12.7 Å². The lowest BCUT2D eigenvalue weighted by Crippen LogP contribution is -2.12. The maximum absolute atomic E-state index is 13.5. The summed E-state index contributed by atoms with van der Waals surface area (Å²) in [6, 6.07) is 8.52. The zero-order valence-corrected chi connectivity index (χ0v) is 9.22. The Hall–Kier alpha value is -1.19. The Morgan fingerprint density at radius 2 is 2.13 bits per heavy atom. The van der Waals surface area contributed by atoms with E-state index in [2.05, 4.69) is 0 Å². The minimum atomic E-state index is -0.357. The Morgan fingerprint density at radius 3 is 2.80 bits per heavy atom. The summed E-state index contributed by atoms with van der Waals surface area (Å²) in [5.41, 5.74) is 7.59. The van der Waals surface area contributed by atoms with Crippen molar-refractivity contribution in [2.75, 3.05) is 0 Å². The molecule has 1 aromatic carbocycles. The van der Waals surface area contributed by atoms with Gasteiger partial charge < -0.3 is 5.73 Å². The van der Waals surface area contributed by atoms with Gasteiger partial charge in [0.25, 0.3) is 0 Å². The molecule has 1 nitrogen and oxygen atoms in total. The molecule has 78 valence electrons. The SMILES string of the molecule is Cc1ccc(F)c([C@@H](N)c2cccs2)c1. The molecule has 0 aliphatic heterocycles. The van der Waals surface area contributed by atoms with Gasteiger partial charge in [0.15, 0.2) is 0 Å². The van der Waals surface area contributed by atoms with E-state index in [1.165, 1.54) is 6.07 Å². The second-order valence-electron chi connectivity index (χ2n) is 3.52. The first-order valence-electron chi connectivity index (χ1n) is 4.73. The second kappa shape index (κ2) is 4.13. The van der Waals surface area contributed by atoms with Gasteiger partial charge in [-0.15, -0.1) is 11.3 Å². The lowest BCUT2D eigenvalue weighted by Gasteiger charge is -2.11. The van der Waals surface area contributed by atoms with E-state index in [1.807, 2.05) is 24.4 Å². The fraction of sp³-hybridized carbons (Fsp3) is 0.167. The summed E-state index contributed by atoms with van der Waals surface area (Å²) in [5.74, 6) is -0.235. The third kappa shape index (κ3) is 2.08. The zero-order chi connectivity index (χ0) is 10.8. The molecule has 0 saturated carbocycles. The van der Waals surface area contributed by atoms with Gasteiger partial charge in [0.1, 0.15) is 5.82 Å². The first-order valence-corrected chi connectivity index (χ1v) is 5.61. The average Bonchev–Trinajstić information content (AvgIpc) is 2.74. The van der Waals surface area contributed by atoms with E-state index >= 15 is 0 Å². The lowest BCUT2D eigenvalue weighted by atomic mass is 10.0. The molecule has 0 aliphatic rings. The highest BCUT2D eigenvalue weighted by Crippen LogP contribution is 2.26. The number of benzene rings is 1. The van der Waals surface area contributed by atoms with Gasteiger partial charge in [-0.05, 0) is 24.4 Å². The third-order valence-corrected chi connectivity index (χ3v) is 3.29. The highest BCUT2D eigenvalue weighted by Gasteiger charge is 2.14. The standard InChI is InChI=1S/C12H12FNS/c1-8-4-5-10(13)9(7-8)12(14)11-3-2-6-15-11/h2-7,12H,14H2,1H3/t12-/m1/s1. The van der Waals surface area contributed by atoms with E-state index in [4.69, 9.17) is 5.73 Å². The van der Waals surface area contributed by atoms with Gasteiger partial charge in [-0.1, -0.05) is 23.8 Å². The van der Waals surface area contributed by atoms with Crippen LogP contribution in [-0.2, 0) is 0 Å². The van der Waals surface area contributed by atoms with Gasteiger partial charge in [-0.2, -0.15) is 0 Å². The van der Waals surface area contributed by atoms with Crippen LogP contribution in [0.25, 0.3) is 0 Å². The van der Waals surface area contributed by atoms with Gasteiger partial charge in [-0.3, -0.25) is 0 Å². The second-order valence-corrected chi connectivity index (χ2v) is 4.50. The summed E-state index contributed by atoms with van der Waals surface area (Å²) in [5, 5.41) is 1.95. The molecule has 1 aromatic heterocycles. The molecule has 1 atom stereocenters. The summed E-state index contributed by atoms with van der Waals surface area (Å²) >= 11 is 1.55. The molecule has 3 heteroatoms. The zero-order valence-electron chi connectivity index (χ0n) is 8.41. The van der Waals surface area contributed by atoms with Crippen LogP contribution in [0.1, 0.15) is 22.0 Å². The number of thiophene rings is 1. The Balaban J connectivity index is 2.41. The van der Waals surface area contributed by atoms with Gasteiger partial charge in [-0.25, -0.2) is 4.39 Å². The van der Waals surface area contributed by atoms with E-state index in [0.29, 0.717) is 5.56 Å². The molecule has 1 heterocycles. The summed E-state index contributed by atoms with van der Waals surface area (Å²) in [6.45, 7) is 1.93. The van der Waals surface area contributed by atoms with Crippen molar-refractivity contribution < 1.29 is 4.39 Å². The van der Waals surface area contributed by atoms with Crippen LogP contribution >= 0.6 is 11.3 Å². The van der Waals surface area contributed by atoms with Crippen LogP contribution < -0.4 is 5.73 Å². The van der Waals surface area contributed by atoms with Crippen molar-refractivity contribution in [3.8, 4) is 0 Å². The maximum atomic E-state index is 13.5. The average molecular weight is 221 g/mol. The van der Waals surface area contributed by atoms with Crippen molar-refractivity contribution in [2.45, 2.75) is 13.0 Å². The number of hydrogen-bond acceptors (Lipinski definition) is 2. The van der Waals surface area contributed by atoms with E-state index < -0.39 is 0 Å². The summed E-state index contributed by atoms with van der Waals surface area (Å²) in [6.07, 6.45) is 0. The summed E-state index contributed by atoms with van der Waals surface area (Å²) in [7, 11) is 0. The molecule has 0 fully saturated rings. The predicted molar refractivity (Wildman–Crippen MR) is 61.5 cm³/mol. The molecule has 0 spiro atoms. The highest BCUT2D eigenvalue weighted by molar-refractivity contribution is 7.10. The number of halogens is 1. The van der Waals surface area contributed by atoms with Crippen LogP contribution in [-0.4, -0.2) is 0 Å². The molecular weight excluding hydrogens is 209 g/mol. The van der Waals surface area contributed by atoms with Gasteiger partial charge >= 0.3 is 0 Å². The number of hydrogen-bond donors (Lipinski definition) is 1. The van der Waals surface area contributed by atoms with E-state index in [9.17, 15) is 4.39 Å². The highest BCUT2D eigenvalue weighted by atomic mass is 32.1. The molecule has 2 aromatic rings. The number of rotatable bonds is 2. The largest absolute Gasteiger partial charge is 0.320 e. The number of aryl methyl sites for hydroxylation is 1. The molecule has 0 saturated heterocycles. The molecule has 2 N–H and O–H groups in total. The first kappa shape index (κ1) is 10.3.